The van der Waals surface area contributed by atoms with E-state index >= 15 is 0 Å². The second-order valence-corrected chi connectivity index (χ2v) is 4.40. The van der Waals surface area contributed by atoms with Crippen molar-refractivity contribution < 1.29 is 4.79 Å². The molecule has 4 nitrogen and oxygen atoms in total. The first-order valence-electron chi connectivity index (χ1n) is 6.16. The minimum atomic E-state index is -0.0374. The molecule has 98 valence electrons. The number of nitrogens with one attached hydrogen (secondary N) is 2. The van der Waals surface area contributed by atoms with E-state index < -0.39 is 0 Å². The number of anilines is 2. The average Bonchev–Trinajstić information content (AvgIpc) is 2.39. The van der Waals surface area contributed by atoms with Crippen molar-refractivity contribution in [3.63, 3.8) is 0 Å². The molecule has 0 aliphatic rings. The van der Waals surface area contributed by atoms with Crippen LogP contribution in [-0.4, -0.2) is 17.9 Å². The molecule has 0 saturated heterocycles. The van der Waals surface area contributed by atoms with Gasteiger partial charge in [-0.15, -0.1) is 0 Å². The zero-order valence-corrected chi connectivity index (χ0v) is 11.1. The fraction of sp³-hybridized carbons (Fsp3) is 0.200. The molecular formula is C15H17N3O. The average molecular weight is 255 g/mol. The number of amides is 1. The SMILES string of the molecule is CNc1ccc(NC(=O)Cc2cccc(C)c2)cn1. The lowest BCUT2D eigenvalue weighted by molar-refractivity contribution is -0.115. The molecule has 0 fully saturated rings. The van der Waals surface area contributed by atoms with E-state index in [4.69, 9.17) is 0 Å². The van der Waals surface area contributed by atoms with Crippen LogP contribution in [0.15, 0.2) is 42.6 Å². The lowest BCUT2D eigenvalue weighted by atomic mass is 10.1. The maximum Gasteiger partial charge on any atom is 0.228 e. The van der Waals surface area contributed by atoms with Crippen LogP contribution in [0.3, 0.4) is 0 Å². The number of benzene rings is 1. The Balaban J connectivity index is 1.97. The lowest BCUT2D eigenvalue weighted by Gasteiger charge is -2.06. The molecule has 0 aliphatic carbocycles. The summed E-state index contributed by atoms with van der Waals surface area (Å²) in [5, 5.41) is 5.76. The zero-order valence-electron chi connectivity index (χ0n) is 11.1. The van der Waals surface area contributed by atoms with E-state index in [9.17, 15) is 4.79 Å². The van der Waals surface area contributed by atoms with Gasteiger partial charge in [0, 0.05) is 7.05 Å². The first-order chi connectivity index (χ1) is 9.17. The number of pyridine rings is 1. The first-order valence-corrected chi connectivity index (χ1v) is 6.16. The molecule has 19 heavy (non-hydrogen) atoms. The standard InChI is InChI=1S/C15H17N3O/c1-11-4-3-5-12(8-11)9-15(19)18-13-6-7-14(16-2)17-10-13/h3-8,10H,9H2,1-2H3,(H,16,17)(H,18,19). The number of carbonyl (C=O) groups is 1. The van der Waals surface area contributed by atoms with Crippen LogP contribution < -0.4 is 10.6 Å². The van der Waals surface area contributed by atoms with E-state index in [0.717, 1.165) is 16.9 Å². The van der Waals surface area contributed by atoms with Crippen LogP contribution in [0, 0.1) is 6.92 Å². The van der Waals surface area contributed by atoms with Crippen molar-refractivity contribution in [2.75, 3.05) is 17.7 Å². The Kier molecular flexibility index (Phi) is 4.13. The Morgan fingerprint density at radius 1 is 1.26 bits per heavy atom. The summed E-state index contributed by atoms with van der Waals surface area (Å²) in [6, 6.07) is 11.6. The van der Waals surface area contributed by atoms with E-state index in [1.54, 1.807) is 13.2 Å². The third-order valence-electron chi connectivity index (χ3n) is 2.75. The molecule has 0 atom stereocenters. The van der Waals surface area contributed by atoms with E-state index in [1.807, 2.05) is 43.3 Å². The molecule has 0 aliphatic heterocycles. The number of aromatic nitrogens is 1. The van der Waals surface area contributed by atoms with Gasteiger partial charge in [-0.25, -0.2) is 4.98 Å². The number of hydrogen-bond donors (Lipinski definition) is 2. The van der Waals surface area contributed by atoms with Gasteiger partial charge in [0.05, 0.1) is 18.3 Å². The number of nitrogens with zero attached hydrogens (tertiary/aromatic N) is 1. The van der Waals surface area contributed by atoms with E-state index in [1.165, 1.54) is 0 Å². The molecule has 2 rings (SSSR count). The van der Waals surface area contributed by atoms with Gasteiger partial charge in [-0.2, -0.15) is 0 Å². The van der Waals surface area contributed by atoms with Crippen molar-refractivity contribution in [2.24, 2.45) is 0 Å². The van der Waals surface area contributed by atoms with E-state index in [-0.39, 0.29) is 5.91 Å². The fourth-order valence-electron chi connectivity index (χ4n) is 1.83. The number of carbonyl (C=O) groups excluding carboxylic acids is 1. The van der Waals surface area contributed by atoms with Crippen molar-refractivity contribution in [1.82, 2.24) is 4.98 Å². The van der Waals surface area contributed by atoms with Gasteiger partial charge in [0.1, 0.15) is 5.82 Å². The fourth-order valence-corrected chi connectivity index (χ4v) is 1.83. The Morgan fingerprint density at radius 3 is 2.74 bits per heavy atom. The summed E-state index contributed by atoms with van der Waals surface area (Å²) >= 11 is 0. The van der Waals surface area contributed by atoms with Crippen LogP contribution in [0.4, 0.5) is 11.5 Å². The van der Waals surface area contributed by atoms with Crippen LogP contribution in [0.5, 0.6) is 0 Å². The first kappa shape index (κ1) is 13.1. The van der Waals surface area contributed by atoms with Gasteiger partial charge in [-0.1, -0.05) is 29.8 Å². The minimum absolute atomic E-state index is 0.0374. The molecule has 0 unspecified atom stereocenters. The number of hydrogen-bond acceptors (Lipinski definition) is 3. The van der Waals surface area contributed by atoms with Crippen molar-refractivity contribution in [1.29, 1.82) is 0 Å². The molecule has 1 heterocycles. The molecule has 1 aromatic heterocycles. The summed E-state index contributed by atoms with van der Waals surface area (Å²) in [5.74, 6) is 0.737. The zero-order chi connectivity index (χ0) is 13.7. The normalized spacial score (nSPS) is 10.0. The largest absolute Gasteiger partial charge is 0.373 e. The van der Waals surface area contributed by atoms with Gasteiger partial charge >= 0.3 is 0 Å². The van der Waals surface area contributed by atoms with Crippen LogP contribution in [0.1, 0.15) is 11.1 Å². The summed E-state index contributed by atoms with van der Waals surface area (Å²) in [5.41, 5.74) is 2.87. The van der Waals surface area contributed by atoms with Crippen LogP contribution in [0.2, 0.25) is 0 Å². The topological polar surface area (TPSA) is 54.0 Å². The monoisotopic (exact) mass is 255 g/mol. The Morgan fingerprint density at radius 2 is 2.11 bits per heavy atom. The third kappa shape index (κ3) is 3.81. The van der Waals surface area contributed by atoms with E-state index in [0.29, 0.717) is 12.1 Å². The molecule has 0 bridgehead atoms. The van der Waals surface area contributed by atoms with Gasteiger partial charge in [0.25, 0.3) is 0 Å². The molecule has 2 aromatic rings. The molecule has 2 N–H and O–H groups in total. The van der Waals surface area contributed by atoms with Gasteiger partial charge in [-0.3, -0.25) is 4.79 Å². The van der Waals surface area contributed by atoms with Crippen molar-refractivity contribution in [3.8, 4) is 0 Å². The molecule has 1 amide bonds. The summed E-state index contributed by atoms with van der Waals surface area (Å²) < 4.78 is 0. The maximum absolute atomic E-state index is 11.9. The molecule has 0 radical (unpaired) electrons. The van der Waals surface area contributed by atoms with Crippen LogP contribution in [0.25, 0.3) is 0 Å². The Hall–Kier alpha value is -2.36. The highest BCUT2D eigenvalue weighted by Crippen LogP contribution is 2.10. The smallest absolute Gasteiger partial charge is 0.228 e. The predicted octanol–water partition coefficient (Wildman–Crippen LogP) is 2.61. The molecule has 0 spiro atoms. The Bertz CT molecular complexity index is 564. The third-order valence-corrected chi connectivity index (χ3v) is 2.75. The molecule has 1 aromatic carbocycles. The maximum atomic E-state index is 11.9. The molecular weight excluding hydrogens is 238 g/mol. The highest BCUT2D eigenvalue weighted by atomic mass is 16.1. The highest BCUT2D eigenvalue weighted by Gasteiger charge is 2.04. The van der Waals surface area contributed by atoms with Gasteiger partial charge in [0.15, 0.2) is 0 Å². The quantitative estimate of drug-likeness (QED) is 0.883. The molecule has 0 saturated carbocycles. The number of rotatable bonds is 4. The molecule has 4 heteroatoms. The summed E-state index contributed by atoms with van der Waals surface area (Å²) in [7, 11) is 1.80. The lowest BCUT2D eigenvalue weighted by Crippen LogP contribution is -2.14. The summed E-state index contributed by atoms with van der Waals surface area (Å²) in [6.07, 6.45) is 2.01. The van der Waals surface area contributed by atoms with Gasteiger partial charge in [-0.05, 0) is 24.6 Å². The van der Waals surface area contributed by atoms with Gasteiger partial charge in [0.2, 0.25) is 5.91 Å². The van der Waals surface area contributed by atoms with Crippen molar-refractivity contribution >= 4 is 17.4 Å². The predicted molar refractivity (Wildman–Crippen MR) is 77.3 cm³/mol. The van der Waals surface area contributed by atoms with Crippen LogP contribution in [-0.2, 0) is 11.2 Å². The minimum Gasteiger partial charge on any atom is -0.373 e. The van der Waals surface area contributed by atoms with Gasteiger partial charge < -0.3 is 10.6 Å². The summed E-state index contributed by atoms with van der Waals surface area (Å²) in [4.78, 5) is 16.0. The van der Waals surface area contributed by atoms with Crippen molar-refractivity contribution in [3.05, 3.63) is 53.7 Å². The van der Waals surface area contributed by atoms with E-state index in [2.05, 4.69) is 15.6 Å². The highest BCUT2D eigenvalue weighted by molar-refractivity contribution is 5.92. The second kappa shape index (κ2) is 6.00. The summed E-state index contributed by atoms with van der Waals surface area (Å²) in [6.45, 7) is 2.02. The number of aryl methyl sites for hydroxylation is 1. The van der Waals surface area contributed by atoms with Crippen molar-refractivity contribution in [2.45, 2.75) is 13.3 Å². The second-order valence-electron chi connectivity index (χ2n) is 4.40. The van der Waals surface area contributed by atoms with Crippen LogP contribution >= 0.6 is 0 Å². The Labute approximate surface area is 112 Å².